The summed E-state index contributed by atoms with van der Waals surface area (Å²) in [5.41, 5.74) is 0.331. The van der Waals surface area contributed by atoms with Gasteiger partial charge in [-0.1, -0.05) is 13.8 Å². The monoisotopic (exact) mass is 305 g/mol. The molecule has 1 aromatic rings. The van der Waals surface area contributed by atoms with Gasteiger partial charge in [-0.05, 0) is 0 Å². The highest BCUT2D eigenvalue weighted by Crippen LogP contribution is 2.32. The van der Waals surface area contributed by atoms with Crippen LogP contribution in [0.1, 0.15) is 25.5 Å². The van der Waals surface area contributed by atoms with E-state index >= 15 is 0 Å². The van der Waals surface area contributed by atoms with Crippen molar-refractivity contribution >= 4 is 21.5 Å². The van der Waals surface area contributed by atoms with Crippen LogP contribution < -0.4 is 10.0 Å². The molecule has 1 heterocycles. The fourth-order valence-electron chi connectivity index (χ4n) is 1.72. The van der Waals surface area contributed by atoms with E-state index in [1.165, 1.54) is 4.68 Å². The van der Waals surface area contributed by atoms with Crippen LogP contribution in [-0.4, -0.2) is 42.5 Å². The summed E-state index contributed by atoms with van der Waals surface area (Å²) in [6, 6.07) is 0. The lowest BCUT2D eigenvalue weighted by molar-refractivity contribution is -0.384. The smallest absolute Gasteiger partial charge is 0.334 e. The number of aromatic nitrogens is 2. The van der Waals surface area contributed by atoms with Crippen LogP contribution >= 0.6 is 0 Å². The average Bonchev–Trinajstić information content (AvgIpc) is 2.61. The topological polar surface area (TPSA) is 119 Å². The Kier molecular flexibility index (Phi) is 5.06. The van der Waals surface area contributed by atoms with Gasteiger partial charge >= 0.3 is 5.69 Å². The van der Waals surface area contributed by atoms with Gasteiger partial charge in [-0.25, -0.2) is 17.8 Å². The van der Waals surface area contributed by atoms with Crippen molar-refractivity contribution in [2.45, 2.75) is 19.8 Å². The molecule has 0 unspecified atom stereocenters. The Morgan fingerprint density at radius 3 is 2.45 bits per heavy atom. The molecule has 0 fully saturated rings. The minimum atomic E-state index is -3.27. The van der Waals surface area contributed by atoms with E-state index in [1.807, 2.05) is 13.8 Å². The van der Waals surface area contributed by atoms with Crippen LogP contribution in [0.4, 0.5) is 11.5 Å². The SMILES string of the molecule is CC(C)c1nn(C)c(NCCNS(C)(=O)=O)c1[N+](=O)[O-]. The highest BCUT2D eigenvalue weighted by atomic mass is 32.2. The fourth-order valence-corrected chi connectivity index (χ4v) is 2.19. The third kappa shape index (κ3) is 4.17. The molecule has 1 rings (SSSR count). The number of nitrogens with one attached hydrogen (secondary N) is 2. The molecule has 20 heavy (non-hydrogen) atoms. The summed E-state index contributed by atoms with van der Waals surface area (Å²) in [6.45, 7) is 4.01. The summed E-state index contributed by atoms with van der Waals surface area (Å²) in [6.07, 6.45) is 1.05. The molecule has 0 aliphatic heterocycles. The second-order valence-electron chi connectivity index (χ2n) is 4.71. The zero-order chi connectivity index (χ0) is 15.5. The predicted octanol–water partition coefficient (Wildman–Crippen LogP) is 0.413. The average molecular weight is 305 g/mol. The van der Waals surface area contributed by atoms with Crippen molar-refractivity contribution in [1.29, 1.82) is 0 Å². The van der Waals surface area contributed by atoms with Gasteiger partial charge in [-0.3, -0.25) is 10.1 Å². The molecular weight excluding hydrogens is 286 g/mol. The van der Waals surface area contributed by atoms with Crippen molar-refractivity contribution in [3.05, 3.63) is 15.8 Å². The van der Waals surface area contributed by atoms with Gasteiger partial charge < -0.3 is 5.32 Å². The van der Waals surface area contributed by atoms with Gasteiger partial charge in [0.15, 0.2) is 0 Å². The lowest BCUT2D eigenvalue weighted by Gasteiger charge is -2.06. The van der Waals surface area contributed by atoms with E-state index in [4.69, 9.17) is 0 Å². The van der Waals surface area contributed by atoms with E-state index in [9.17, 15) is 18.5 Å². The molecule has 0 aromatic carbocycles. The minimum absolute atomic E-state index is 0.0677. The molecule has 0 saturated heterocycles. The third-order valence-corrected chi connectivity index (χ3v) is 3.29. The largest absolute Gasteiger partial charge is 0.363 e. The van der Waals surface area contributed by atoms with Gasteiger partial charge in [-0.2, -0.15) is 5.10 Å². The Bertz CT molecular complexity index is 593. The molecule has 0 aliphatic rings. The number of anilines is 1. The molecule has 10 heteroatoms. The molecule has 0 atom stereocenters. The zero-order valence-corrected chi connectivity index (χ0v) is 12.7. The maximum Gasteiger partial charge on any atom is 0.334 e. The molecule has 0 saturated carbocycles. The van der Waals surface area contributed by atoms with E-state index in [-0.39, 0.29) is 30.5 Å². The molecule has 0 amide bonds. The van der Waals surface area contributed by atoms with E-state index in [0.717, 1.165) is 6.26 Å². The van der Waals surface area contributed by atoms with Crippen LogP contribution in [0, 0.1) is 10.1 Å². The maximum atomic E-state index is 11.2. The maximum absolute atomic E-state index is 11.2. The minimum Gasteiger partial charge on any atom is -0.363 e. The van der Waals surface area contributed by atoms with Gasteiger partial charge in [0.2, 0.25) is 15.8 Å². The van der Waals surface area contributed by atoms with Crippen LogP contribution in [0.25, 0.3) is 0 Å². The van der Waals surface area contributed by atoms with Crippen LogP contribution in [0.15, 0.2) is 0 Å². The Balaban J connectivity index is 2.87. The number of hydrogen-bond acceptors (Lipinski definition) is 6. The van der Waals surface area contributed by atoms with Crippen molar-refractivity contribution in [3.63, 3.8) is 0 Å². The molecule has 0 spiro atoms. The molecule has 0 aliphatic carbocycles. The normalized spacial score (nSPS) is 11.8. The first kappa shape index (κ1) is 16.4. The summed E-state index contributed by atoms with van der Waals surface area (Å²) in [5, 5.41) is 18.1. The van der Waals surface area contributed by atoms with Crippen LogP contribution in [0.3, 0.4) is 0 Å². The Morgan fingerprint density at radius 2 is 2.00 bits per heavy atom. The first-order valence-corrected chi connectivity index (χ1v) is 7.92. The summed E-state index contributed by atoms with van der Waals surface area (Å²) >= 11 is 0. The van der Waals surface area contributed by atoms with Crippen molar-refractivity contribution < 1.29 is 13.3 Å². The van der Waals surface area contributed by atoms with Crippen LogP contribution in [-0.2, 0) is 17.1 Å². The first-order valence-electron chi connectivity index (χ1n) is 6.03. The standard InChI is InChI=1S/C10H19N5O4S/c1-7(2)8-9(15(16)17)10(14(3)13-8)11-5-6-12-20(4,18)19/h7,11-12H,5-6H2,1-4H3. The summed E-state index contributed by atoms with van der Waals surface area (Å²) in [7, 11) is -1.67. The fraction of sp³-hybridized carbons (Fsp3) is 0.700. The molecule has 1 aromatic heterocycles. The Hall–Kier alpha value is -1.68. The quantitative estimate of drug-likeness (QED) is 0.428. The van der Waals surface area contributed by atoms with Gasteiger partial charge in [-0.15, -0.1) is 0 Å². The summed E-state index contributed by atoms with van der Waals surface area (Å²) < 4.78 is 25.5. The van der Waals surface area contributed by atoms with Crippen molar-refractivity contribution in [2.24, 2.45) is 7.05 Å². The van der Waals surface area contributed by atoms with E-state index in [2.05, 4.69) is 15.1 Å². The second kappa shape index (κ2) is 6.18. The van der Waals surface area contributed by atoms with Gasteiger partial charge in [0.25, 0.3) is 0 Å². The predicted molar refractivity (Wildman–Crippen MR) is 75.3 cm³/mol. The molecule has 2 N–H and O–H groups in total. The highest BCUT2D eigenvalue weighted by Gasteiger charge is 2.28. The number of aryl methyl sites for hydroxylation is 1. The first-order chi connectivity index (χ1) is 9.13. The highest BCUT2D eigenvalue weighted by molar-refractivity contribution is 7.88. The van der Waals surface area contributed by atoms with E-state index in [1.54, 1.807) is 7.05 Å². The number of rotatable bonds is 7. The molecule has 114 valence electrons. The number of hydrogen-bond donors (Lipinski definition) is 2. The van der Waals surface area contributed by atoms with E-state index < -0.39 is 14.9 Å². The zero-order valence-electron chi connectivity index (χ0n) is 11.9. The number of nitrogens with zero attached hydrogens (tertiary/aromatic N) is 3. The second-order valence-corrected chi connectivity index (χ2v) is 6.54. The van der Waals surface area contributed by atoms with Crippen molar-refractivity contribution in [2.75, 3.05) is 24.7 Å². The molecule has 9 nitrogen and oxygen atoms in total. The lowest BCUT2D eigenvalue weighted by atomic mass is 10.1. The van der Waals surface area contributed by atoms with Crippen LogP contribution in [0.5, 0.6) is 0 Å². The molecular formula is C10H19N5O4S. The van der Waals surface area contributed by atoms with Gasteiger partial charge in [0.05, 0.1) is 11.2 Å². The lowest BCUT2D eigenvalue weighted by Crippen LogP contribution is -2.28. The van der Waals surface area contributed by atoms with Crippen LogP contribution in [0.2, 0.25) is 0 Å². The Morgan fingerprint density at radius 1 is 1.40 bits per heavy atom. The van der Waals surface area contributed by atoms with Crippen molar-refractivity contribution in [1.82, 2.24) is 14.5 Å². The summed E-state index contributed by atoms with van der Waals surface area (Å²) in [5.74, 6) is 0.195. The third-order valence-electron chi connectivity index (χ3n) is 2.56. The Labute approximate surface area is 117 Å². The van der Waals surface area contributed by atoms with Gasteiger partial charge in [0, 0.05) is 26.1 Å². The molecule has 0 bridgehead atoms. The molecule has 0 radical (unpaired) electrons. The number of sulfonamides is 1. The number of nitro groups is 1. The summed E-state index contributed by atoms with van der Waals surface area (Å²) in [4.78, 5) is 10.7. The van der Waals surface area contributed by atoms with Gasteiger partial charge in [0.1, 0.15) is 5.69 Å². The van der Waals surface area contributed by atoms with E-state index in [0.29, 0.717) is 5.69 Å². The van der Waals surface area contributed by atoms with Crippen molar-refractivity contribution in [3.8, 4) is 0 Å².